The molecule has 2 aromatic rings. The number of aliphatic hydroxyl groups excluding tert-OH is 1. The number of benzene rings is 1. The van der Waals surface area contributed by atoms with E-state index in [1.165, 1.54) is 5.56 Å². The van der Waals surface area contributed by atoms with E-state index in [4.69, 9.17) is 4.74 Å². The molecule has 4 nitrogen and oxygen atoms in total. The molecule has 0 bridgehead atoms. The maximum Gasteiger partial charge on any atom is 0.119 e. The Bertz CT molecular complexity index is 603. The van der Waals surface area contributed by atoms with Crippen molar-refractivity contribution in [2.75, 3.05) is 20.2 Å². The smallest absolute Gasteiger partial charge is 0.119 e. The van der Waals surface area contributed by atoms with Gasteiger partial charge in [0.25, 0.3) is 0 Å². The highest BCUT2D eigenvalue weighted by Crippen LogP contribution is 2.33. The fourth-order valence-electron chi connectivity index (χ4n) is 3.13. The van der Waals surface area contributed by atoms with E-state index < -0.39 is 0 Å². The van der Waals surface area contributed by atoms with Gasteiger partial charge in [0.05, 0.1) is 13.2 Å². The van der Waals surface area contributed by atoms with Crippen LogP contribution in [0, 0.1) is 0 Å². The fourth-order valence-corrected chi connectivity index (χ4v) is 3.13. The second kappa shape index (κ2) is 6.90. The van der Waals surface area contributed by atoms with E-state index in [1.807, 2.05) is 36.5 Å². The monoisotopic (exact) mass is 298 g/mol. The third kappa shape index (κ3) is 3.46. The summed E-state index contributed by atoms with van der Waals surface area (Å²) in [4.78, 5) is 6.72. The van der Waals surface area contributed by atoms with Crippen molar-refractivity contribution in [1.82, 2.24) is 9.88 Å². The minimum Gasteiger partial charge on any atom is -0.497 e. The standard InChI is InChI=1S/C18H22N2O2/c1-22-17-7-4-5-14(11-17)18-12-16(21)13-20(18)10-8-15-6-2-3-9-19-15/h2-7,9,11,16,18,21H,8,10,12-13H2,1H3/t16-,18+/m0/s1. The van der Waals surface area contributed by atoms with Gasteiger partial charge in [0, 0.05) is 37.4 Å². The van der Waals surface area contributed by atoms with Crippen LogP contribution >= 0.6 is 0 Å². The molecule has 1 aliphatic rings. The van der Waals surface area contributed by atoms with Gasteiger partial charge in [-0.1, -0.05) is 18.2 Å². The summed E-state index contributed by atoms with van der Waals surface area (Å²) < 4.78 is 5.31. The predicted octanol–water partition coefficient (Wildman–Crippen LogP) is 2.44. The Hall–Kier alpha value is -1.91. The van der Waals surface area contributed by atoms with Crippen molar-refractivity contribution in [3.05, 3.63) is 59.9 Å². The second-order valence-corrected chi connectivity index (χ2v) is 5.75. The molecular weight excluding hydrogens is 276 g/mol. The number of aliphatic hydroxyl groups is 1. The molecule has 0 saturated carbocycles. The summed E-state index contributed by atoms with van der Waals surface area (Å²) in [5.41, 5.74) is 2.30. The minimum atomic E-state index is -0.264. The molecule has 3 rings (SSSR count). The number of ether oxygens (including phenoxy) is 1. The molecule has 1 saturated heterocycles. The van der Waals surface area contributed by atoms with Gasteiger partial charge in [0.2, 0.25) is 0 Å². The quantitative estimate of drug-likeness (QED) is 0.921. The van der Waals surface area contributed by atoms with Gasteiger partial charge in [-0.2, -0.15) is 0 Å². The van der Waals surface area contributed by atoms with Gasteiger partial charge in [-0.25, -0.2) is 0 Å². The first kappa shape index (κ1) is 15.0. The zero-order valence-electron chi connectivity index (χ0n) is 12.9. The molecule has 1 aromatic heterocycles. The fraction of sp³-hybridized carbons (Fsp3) is 0.389. The lowest BCUT2D eigenvalue weighted by Crippen LogP contribution is -2.27. The molecule has 116 valence electrons. The van der Waals surface area contributed by atoms with Crippen LogP contribution in [0.3, 0.4) is 0 Å². The molecule has 0 spiro atoms. The van der Waals surface area contributed by atoms with E-state index in [-0.39, 0.29) is 12.1 Å². The number of hydrogen-bond donors (Lipinski definition) is 1. The van der Waals surface area contributed by atoms with Crippen LogP contribution in [0.2, 0.25) is 0 Å². The first-order valence-electron chi connectivity index (χ1n) is 7.72. The van der Waals surface area contributed by atoms with Crippen molar-refractivity contribution in [1.29, 1.82) is 0 Å². The third-order valence-corrected chi connectivity index (χ3v) is 4.24. The summed E-state index contributed by atoms with van der Waals surface area (Å²) in [5.74, 6) is 0.864. The van der Waals surface area contributed by atoms with Crippen molar-refractivity contribution in [2.45, 2.75) is 25.0 Å². The topological polar surface area (TPSA) is 45.6 Å². The number of rotatable bonds is 5. The van der Waals surface area contributed by atoms with Crippen LogP contribution in [0.25, 0.3) is 0 Å². The molecule has 22 heavy (non-hydrogen) atoms. The van der Waals surface area contributed by atoms with Crippen molar-refractivity contribution in [3.63, 3.8) is 0 Å². The summed E-state index contributed by atoms with van der Waals surface area (Å²) in [7, 11) is 1.68. The highest BCUT2D eigenvalue weighted by molar-refractivity contribution is 5.31. The third-order valence-electron chi connectivity index (χ3n) is 4.24. The van der Waals surface area contributed by atoms with Gasteiger partial charge in [-0.3, -0.25) is 9.88 Å². The van der Waals surface area contributed by atoms with Gasteiger partial charge in [-0.15, -0.1) is 0 Å². The summed E-state index contributed by atoms with van der Waals surface area (Å²) in [6.07, 6.45) is 3.23. The molecule has 0 radical (unpaired) electrons. The zero-order valence-corrected chi connectivity index (χ0v) is 12.9. The van der Waals surface area contributed by atoms with Crippen LogP contribution in [0.15, 0.2) is 48.7 Å². The maximum absolute atomic E-state index is 10.1. The molecule has 2 atom stereocenters. The average Bonchev–Trinajstić information content (AvgIpc) is 2.95. The zero-order chi connectivity index (χ0) is 15.4. The van der Waals surface area contributed by atoms with Crippen LogP contribution in [-0.2, 0) is 6.42 Å². The highest BCUT2D eigenvalue weighted by Gasteiger charge is 2.31. The van der Waals surface area contributed by atoms with Gasteiger partial charge < -0.3 is 9.84 Å². The normalized spacial score (nSPS) is 21.9. The minimum absolute atomic E-state index is 0.244. The van der Waals surface area contributed by atoms with E-state index in [2.05, 4.69) is 22.0 Å². The van der Waals surface area contributed by atoms with Crippen LogP contribution in [0.1, 0.15) is 23.7 Å². The molecule has 1 N–H and O–H groups in total. The first-order chi connectivity index (χ1) is 10.8. The van der Waals surface area contributed by atoms with Crippen molar-refractivity contribution in [3.8, 4) is 5.75 Å². The number of β-amino-alcohol motifs (C(OH)–C–C–N with tert-alkyl or cyclic N) is 1. The van der Waals surface area contributed by atoms with Crippen molar-refractivity contribution in [2.24, 2.45) is 0 Å². The Morgan fingerprint density at radius 3 is 2.95 bits per heavy atom. The highest BCUT2D eigenvalue weighted by atomic mass is 16.5. The Labute approximate surface area is 131 Å². The van der Waals surface area contributed by atoms with Crippen molar-refractivity contribution < 1.29 is 9.84 Å². The number of likely N-dealkylation sites (tertiary alicyclic amines) is 1. The molecule has 2 heterocycles. The Kier molecular flexibility index (Phi) is 4.71. The number of hydrogen-bond acceptors (Lipinski definition) is 4. The van der Waals surface area contributed by atoms with E-state index in [9.17, 15) is 5.11 Å². The SMILES string of the molecule is COc1cccc([C@H]2C[C@H](O)CN2CCc2ccccn2)c1. The van der Waals surface area contributed by atoms with E-state index in [1.54, 1.807) is 7.11 Å². The van der Waals surface area contributed by atoms with E-state index in [0.717, 1.165) is 30.8 Å². The predicted molar refractivity (Wildman–Crippen MR) is 85.9 cm³/mol. The van der Waals surface area contributed by atoms with Crippen molar-refractivity contribution >= 4 is 0 Å². The Balaban J connectivity index is 1.71. The largest absolute Gasteiger partial charge is 0.497 e. The summed E-state index contributed by atoms with van der Waals surface area (Å²) >= 11 is 0. The lowest BCUT2D eigenvalue weighted by molar-refractivity contribution is 0.175. The lowest BCUT2D eigenvalue weighted by Gasteiger charge is -2.24. The van der Waals surface area contributed by atoms with E-state index >= 15 is 0 Å². The summed E-state index contributed by atoms with van der Waals surface area (Å²) in [5, 5.41) is 10.1. The number of aromatic nitrogens is 1. The van der Waals surface area contributed by atoms with Crippen LogP contribution in [0.4, 0.5) is 0 Å². The Morgan fingerprint density at radius 2 is 2.18 bits per heavy atom. The molecule has 1 aromatic carbocycles. The van der Waals surface area contributed by atoms with Gasteiger partial charge >= 0.3 is 0 Å². The molecule has 1 fully saturated rings. The van der Waals surface area contributed by atoms with Crippen LogP contribution in [-0.4, -0.2) is 41.3 Å². The van der Waals surface area contributed by atoms with Gasteiger partial charge in [0.15, 0.2) is 0 Å². The number of methoxy groups -OCH3 is 1. The number of nitrogens with zero attached hydrogens (tertiary/aromatic N) is 2. The lowest BCUT2D eigenvalue weighted by atomic mass is 10.0. The second-order valence-electron chi connectivity index (χ2n) is 5.75. The molecule has 0 aliphatic carbocycles. The van der Waals surface area contributed by atoms with Crippen LogP contribution in [0.5, 0.6) is 5.75 Å². The van der Waals surface area contributed by atoms with Crippen LogP contribution < -0.4 is 4.74 Å². The van der Waals surface area contributed by atoms with E-state index in [0.29, 0.717) is 6.54 Å². The Morgan fingerprint density at radius 1 is 1.27 bits per heavy atom. The number of pyridine rings is 1. The first-order valence-corrected chi connectivity index (χ1v) is 7.72. The average molecular weight is 298 g/mol. The molecular formula is C18H22N2O2. The van der Waals surface area contributed by atoms with Gasteiger partial charge in [-0.05, 0) is 36.2 Å². The summed E-state index contributed by atoms with van der Waals surface area (Å²) in [6, 6.07) is 14.4. The maximum atomic E-state index is 10.1. The molecule has 1 aliphatic heterocycles. The molecule has 4 heteroatoms. The van der Waals surface area contributed by atoms with Gasteiger partial charge in [0.1, 0.15) is 5.75 Å². The molecule has 0 unspecified atom stereocenters. The summed E-state index contributed by atoms with van der Waals surface area (Å²) in [6.45, 7) is 1.62. The molecule has 0 amide bonds.